The van der Waals surface area contributed by atoms with Crippen LogP contribution in [-0.4, -0.2) is 27.4 Å². The first kappa shape index (κ1) is 17.6. The summed E-state index contributed by atoms with van der Waals surface area (Å²) >= 11 is 1.39. The third-order valence-corrected chi connectivity index (χ3v) is 7.12. The first-order valence-corrected chi connectivity index (χ1v) is 10.3. The first-order valence-electron chi connectivity index (χ1n) is 9.41. The third-order valence-electron chi connectivity index (χ3n) is 5.91. The maximum Gasteiger partial charge on any atom is 0.319 e. The van der Waals surface area contributed by atoms with Crippen LogP contribution in [0.1, 0.15) is 45.6 Å². The van der Waals surface area contributed by atoms with E-state index in [1.807, 2.05) is 28.8 Å². The molecule has 0 amide bonds. The molecule has 2 fully saturated rings. The number of aromatic nitrogens is 2. The van der Waals surface area contributed by atoms with Crippen molar-refractivity contribution in [3.8, 4) is 0 Å². The van der Waals surface area contributed by atoms with Gasteiger partial charge in [-0.15, -0.1) is 0 Å². The van der Waals surface area contributed by atoms with Crippen molar-refractivity contribution in [2.45, 2.75) is 56.0 Å². The van der Waals surface area contributed by atoms with Crippen LogP contribution < -0.4 is 5.56 Å². The van der Waals surface area contributed by atoms with Crippen LogP contribution in [0.25, 0.3) is 10.9 Å². The Labute approximate surface area is 157 Å². The van der Waals surface area contributed by atoms with Crippen LogP contribution in [-0.2, 0) is 9.53 Å². The number of para-hydroxylation sites is 1. The number of esters is 1. The minimum absolute atomic E-state index is 0.00964. The Morgan fingerprint density at radius 3 is 2.73 bits per heavy atom. The second-order valence-corrected chi connectivity index (χ2v) is 8.65. The molecule has 1 aliphatic heterocycles. The molecular weight excluding hydrogens is 348 g/mol. The number of carbonyl (C=O) groups is 1. The minimum Gasteiger partial charge on any atom is -0.465 e. The van der Waals surface area contributed by atoms with E-state index in [0.717, 1.165) is 12.8 Å². The summed E-state index contributed by atoms with van der Waals surface area (Å²) in [5.41, 5.74) is 0.703. The number of nitrogens with zero attached hydrogens (tertiary/aromatic N) is 2. The van der Waals surface area contributed by atoms with E-state index in [4.69, 9.17) is 9.72 Å². The zero-order valence-electron chi connectivity index (χ0n) is 15.2. The summed E-state index contributed by atoms with van der Waals surface area (Å²) in [5, 5.41) is 1.03. The van der Waals surface area contributed by atoms with Crippen molar-refractivity contribution in [1.82, 2.24) is 9.55 Å². The number of hydrogen-bond donors (Lipinski definition) is 0. The standard InChI is InChI=1S/C20H24N2O3S/c1-12-6-5-9-16(13(12)2)22-18(23)14-7-3-4-8-15(14)21-20(22)26-17-10-11-25-19(17)24/h3-4,7-8,12-13,16-17H,5-6,9-11H2,1-2H3/t12-,13-,16+,17+/m1/s1. The van der Waals surface area contributed by atoms with Crippen molar-refractivity contribution < 1.29 is 9.53 Å². The van der Waals surface area contributed by atoms with Crippen LogP contribution in [0.2, 0.25) is 0 Å². The fourth-order valence-corrected chi connectivity index (χ4v) is 5.25. The Balaban J connectivity index is 1.85. The van der Waals surface area contributed by atoms with Gasteiger partial charge in [-0.1, -0.05) is 50.6 Å². The number of carbonyl (C=O) groups excluding carboxylic acids is 1. The third kappa shape index (κ3) is 3.04. The number of cyclic esters (lactones) is 1. The van der Waals surface area contributed by atoms with E-state index in [9.17, 15) is 9.59 Å². The predicted molar refractivity (Wildman–Crippen MR) is 102 cm³/mol. The summed E-state index contributed by atoms with van der Waals surface area (Å²) < 4.78 is 6.98. The first-order chi connectivity index (χ1) is 12.6. The Morgan fingerprint density at radius 1 is 1.15 bits per heavy atom. The summed E-state index contributed by atoms with van der Waals surface area (Å²) in [6, 6.07) is 7.61. The van der Waals surface area contributed by atoms with E-state index in [2.05, 4.69) is 13.8 Å². The van der Waals surface area contributed by atoms with Crippen LogP contribution in [0.4, 0.5) is 0 Å². The highest BCUT2D eigenvalue weighted by molar-refractivity contribution is 8.00. The van der Waals surface area contributed by atoms with Gasteiger partial charge in [0.2, 0.25) is 0 Å². The van der Waals surface area contributed by atoms with Gasteiger partial charge in [0.25, 0.3) is 5.56 Å². The lowest BCUT2D eigenvalue weighted by molar-refractivity contribution is -0.137. The quantitative estimate of drug-likeness (QED) is 0.606. The van der Waals surface area contributed by atoms with E-state index < -0.39 is 0 Å². The van der Waals surface area contributed by atoms with Gasteiger partial charge in [0.15, 0.2) is 5.16 Å². The number of thioether (sulfide) groups is 1. The molecule has 5 nitrogen and oxygen atoms in total. The van der Waals surface area contributed by atoms with Gasteiger partial charge in [0.05, 0.1) is 17.5 Å². The predicted octanol–water partition coefficient (Wildman–Crippen LogP) is 3.80. The van der Waals surface area contributed by atoms with Gasteiger partial charge in [0.1, 0.15) is 5.25 Å². The SMILES string of the molecule is C[C@@H]1[C@H](C)CCC[C@@H]1n1c(S[C@H]2CCOC2=O)nc2ccccc2c1=O. The maximum atomic E-state index is 13.3. The van der Waals surface area contributed by atoms with Crippen molar-refractivity contribution in [2.75, 3.05) is 6.61 Å². The lowest BCUT2D eigenvalue weighted by Gasteiger charge is -2.36. The Bertz CT molecular complexity index is 894. The fraction of sp³-hybridized carbons (Fsp3) is 0.550. The highest BCUT2D eigenvalue weighted by Gasteiger charge is 2.34. The molecule has 1 saturated heterocycles. The van der Waals surface area contributed by atoms with Crippen LogP contribution >= 0.6 is 11.8 Å². The molecule has 1 aliphatic carbocycles. The number of fused-ring (bicyclic) bond motifs is 1. The Kier molecular flexibility index (Phi) is 4.78. The largest absolute Gasteiger partial charge is 0.465 e. The molecule has 0 spiro atoms. The zero-order valence-corrected chi connectivity index (χ0v) is 16.0. The molecule has 0 unspecified atom stereocenters. The van der Waals surface area contributed by atoms with Crippen LogP contribution in [0.3, 0.4) is 0 Å². The van der Waals surface area contributed by atoms with Crippen molar-refractivity contribution in [1.29, 1.82) is 0 Å². The number of rotatable bonds is 3. The molecule has 26 heavy (non-hydrogen) atoms. The van der Waals surface area contributed by atoms with E-state index in [1.165, 1.54) is 18.2 Å². The number of ether oxygens (including phenoxy) is 1. The molecule has 4 atom stereocenters. The van der Waals surface area contributed by atoms with Crippen molar-refractivity contribution >= 4 is 28.6 Å². The summed E-state index contributed by atoms with van der Waals surface area (Å²) in [7, 11) is 0. The van der Waals surface area contributed by atoms with E-state index in [1.54, 1.807) is 0 Å². The van der Waals surface area contributed by atoms with Crippen molar-refractivity contribution in [2.24, 2.45) is 11.8 Å². The average molecular weight is 372 g/mol. The second kappa shape index (κ2) is 7.06. The lowest BCUT2D eigenvalue weighted by Crippen LogP contribution is -2.35. The highest BCUT2D eigenvalue weighted by Crippen LogP contribution is 2.40. The summed E-state index contributed by atoms with van der Waals surface area (Å²) in [6.45, 7) is 4.94. The normalized spacial score (nSPS) is 29.1. The average Bonchev–Trinajstić information content (AvgIpc) is 3.03. The minimum atomic E-state index is -0.273. The molecule has 2 aliphatic rings. The van der Waals surface area contributed by atoms with Crippen molar-refractivity contribution in [3.63, 3.8) is 0 Å². The zero-order chi connectivity index (χ0) is 18.3. The molecular formula is C20H24N2O3S. The summed E-state index contributed by atoms with van der Waals surface area (Å²) in [5.74, 6) is 0.773. The molecule has 4 rings (SSSR count). The molecule has 2 aromatic rings. The van der Waals surface area contributed by atoms with Crippen LogP contribution in [0, 0.1) is 11.8 Å². The molecule has 0 radical (unpaired) electrons. The van der Waals surface area contributed by atoms with E-state index in [0.29, 0.717) is 40.9 Å². The van der Waals surface area contributed by atoms with Gasteiger partial charge in [-0.05, 0) is 30.4 Å². The smallest absolute Gasteiger partial charge is 0.319 e. The fourth-order valence-electron chi connectivity index (χ4n) is 4.13. The molecule has 1 saturated carbocycles. The van der Waals surface area contributed by atoms with Gasteiger partial charge in [-0.25, -0.2) is 4.98 Å². The molecule has 1 aromatic carbocycles. The number of hydrogen-bond acceptors (Lipinski definition) is 5. The maximum absolute atomic E-state index is 13.3. The number of benzene rings is 1. The monoisotopic (exact) mass is 372 g/mol. The molecule has 138 valence electrons. The van der Waals surface area contributed by atoms with Gasteiger partial charge in [0, 0.05) is 12.5 Å². The Hall–Kier alpha value is -1.82. The van der Waals surface area contributed by atoms with Gasteiger partial charge in [-0.3, -0.25) is 14.2 Å². The second-order valence-electron chi connectivity index (χ2n) is 7.48. The molecule has 6 heteroatoms. The molecule has 0 bridgehead atoms. The van der Waals surface area contributed by atoms with E-state index in [-0.39, 0.29) is 22.8 Å². The lowest BCUT2D eigenvalue weighted by atomic mass is 9.78. The van der Waals surface area contributed by atoms with Crippen molar-refractivity contribution in [3.05, 3.63) is 34.6 Å². The topological polar surface area (TPSA) is 61.2 Å². The van der Waals surface area contributed by atoms with Crippen LogP contribution in [0.15, 0.2) is 34.2 Å². The molecule has 2 heterocycles. The summed E-state index contributed by atoms with van der Waals surface area (Å²) in [6.07, 6.45) is 3.97. The van der Waals surface area contributed by atoms with Gasteiger partial charge >= 0.3 is 5.97 Å². The molecule has 1 aromatic heterocycles. The Morgan fingerprint density at radius 2 is 1.96 bits per heavy atom. The molecule has 0 N–H and O–H groups in total. The van der Waals surface area contributed by atoms with Crippen LogP contribution in [0.5, 0.6) is 0 Å². The summed E-state index contributed by atoms with van der Waals surface area (Å²) in [4.78, 5) is 30.1. The van der Waals surface area contributed by atoms with Gasteiger partial charge in [-0.2, -0.15) is 0 Å². The van der Waals surface area contributed by atoms with E-state index >= 15 is 0 Å². The highest BCUT2D eigenvalue weighted by atomic mass is 32.2. The van der Waals surface area contributed by atoms with Gasteiger partial charge < -0.3 is 4.74 Å².